The van der Waals surface area contributed by atoms with E-state index < -0.39 is 0 Å². The summed E-state index contributed by atoms with van der Waals surface area (Å²) in [5.41, 5.74) is 2.05. The molecule has 1 aliphatic heterocycles. The Morgan fingerprint density at radius 1 is 1.10 bits per heavy atom. The van der Waals surface area contributed by atoms with Gasteiger partial charge in [-0.05, 0) is 42.4 Å². The van der Waals surface area contributed by atoms with Gasteiger partial charge in [0.25, 0.3) is 5.91 Å². The monoisotopic (exact) mass is 335 g/mol. The van der Waals surface area contributed by atoms with Crippen molar-refractivity contribution < 1.29 is 4.79 Å². The fraction of sp³-hybridized carbons (Fsp3) is 0.588. The van der Waals surface area contributed by atoms with Crippen LogP contribution >= 0.6 is 15.9 Å². The first kappa shape index (κ1) is 14.1. The smallest absolute Gasteiger partial charge is 0.253 e. The normalized spacial score (nSPS) is 26.1. The molecule has 108 valence electrons. The van der Waals surface area contributed by atoms with Gasteiger partial charge in [0.1, 0.15) is 0 Å². The molecule has 0 spiro atoms. The van der Waals surface area contributed by atoms with Gasteiger partial charge in [-0.2, -0.15) is 0 Å². The van der Waals surface area contributed by atoms with Gasteiger partial charge in [-0.1, -0.05) is 47.3 Å². The third kappa shape index (κ3) is 2.93. The van der Waals surface area contributed by atoms with Crippen LogP contribution in [0.1, 0.15) is 48.0 Å². The van der Waals surface area contributed by atoms with Crippen LogP contribution < -0.4 is 0 Å². The summed E-state index contributed by atoms with van der Waals surface area (Å²) < 4.78 is 0. The van der Waals surface area contributed by atoms with Gasteiger partial charge < -0.3 is 4.90 Å². The predicted octanol–water partition coefficient (Wildman–Crippen LogP) is 4.23. The quantitative estimate of drug-likeness (QED) is 0.740. The van der Waals surface area contributed by atoms with Gasteiger partial charge in [-0.3, -0.25) is 4.79 Å². The van der Waals surface area contributed by atoms with E-state index in [1.807, 2.05) is 24.3 Å². The van der Waals surface area contributed by atoms with Gasteiger partial charge >= 0.3 is 0 Å². The van der Waals surface area contributed by atoms with Crippen molar-refractivity contribution in [2.24, 2.45) is 11.8 Å². The van der Waals surface area contributed by atoms with Crippen molar-refractivity contribution in [3.8, 4) is 0 Å². The molecule has 1 amide bonds. The van der Waals surface area contributed by atoms with Crippen molar-refractivity contribution in [3.05, 3.63) is 35.4 Å². The molecule has 3 rings (SSSR count). The van der Waals surface area contributed by atoms with Crippen LogP contribution in [0.15, 0.2) is 24.3 Å². The fourth-order valence-electron chi connectivity index (χ4n) is 3.70. The molecular weight excluding hydrogens is 314 g/mol. The fourth-order valence-corrected chi connectivity index (χ4v) is 4.08. The minimum absolute atomic E-state index is 0.218. The molecule has 0 radical (unpaired) electrons. The zero-order valence-corrected chi connectivity index (χ0v) is 13.4. The maximum atomic E-state index is 12.6. The Bertz CT molecular complexity index is 470. The third-order valence-electron chi connectivity index (χ3n) is 4.93. The second-order valence-electron chi connectivity index (χ2n) is 6.18. The summed E-state index contributed by atoms with van der Waals surface area (Å²) in [7, 11) is 0. The second kappa shape index (κ2) is 6.30. The number of fused-ring (bicyclic) bond motifs is 1. The Hall–Kier alpha value is -0.830. The van der Waals surface area contributed by atoms with Crippen molar-refractivity contribution >= 4 is 21.8 Å². The molecule has 0 N–H and O–H groups in total. The minimum atomic E-state index is 0.218. The Morgan fingerprint density at radius 2 is 1.80 bits per heavy atom. The van der Waals surface area contributed by atoms with E-state index in [1.54, 1.807) is 0 Å². The lowest BCUT2D eigenvalue weighted by atomic mass is 9.75. The predicted molar refractivity (Wildman–Crippen MR) is 85.0 cm³/mol. The number of nitrogens with zero attached hydrogens (tertiary/aromatic N) is 1. The Morgan fingerprint density at radius 3 is 2.50 bits per heavy atom. The van der Waals surface area contributed by atoms with E-state index in [2.05, 4.69) is 20.8 Å². The Balaban J connectivity index is 1.67. The number of amides is 1. The molecule has 2 atom stereocenters. The average molecular weight is 336 g/mol. The van der Waals surface area contributed by atoms with Gasteiger partial charge in [-0.15, -0.1) is 0 Å². The molecule has 20 heavy (non-hydrogen) atoms. The third-order valence-corrected chi connectivity index (χ3v) is 5.58. The van der Waals surface area contributed by atoms with Crippen molar-refractivity contribution in [3.63, 3.8) is 0 Å². The van der Waals surface area contributed by atoms with Crippen molar-refractivity contribution in [1.82, 2.24) is 4.90 Å². The van der Waals surface area contributed by atoms with Crippen molar-refractivity contribution in [1.29, 1.82) is 0 Å². The molecule has 2 nitrogen and oxygen atoms in total. The first-order chi connectivity index (χ1) is 9.78. The van der Waals surface area contributed by atoms with Crippen molar-refractivity contribution in [2.45, 2.75) is 37.4 Å². The highest BCUT2D eigenvalue weighted by molar-refractivity contribution is 9.08. The molecule has 1 aliphatic carbocycles. The van der Waals surface area contributed by atoms with Crippen LogP contribution in [0, 0.1) is 11.8 Å². The molecule has 0 aromatic heterocycles. The first-order valence-corrected chi connectivity index (χ1v) is 8.84. The largest absolute Gasteiger partial charge is 0.338 e. The summed E-state index contributed by atoms with van der Waals surface area (Å²) in [5.74, 6) is 1.85. The van der Waals surface area contributed by atoms with Crippen LogP contribution in [0.25, 0.3) is 0 Å². The molecule has 1 aromatic carbocycles. The number of alkyl halides is 1. The Labute approximate surface area is 129 Å². The van der Waals surface area contributed by atoms with Gasteiger partial charge in [-0.25, -0.2) is 0 Å². The summed E-state index contributed by atoms with van der Waals surface area (Å²) in [6.45, 7) is 1.92. The topological polar surface area (TPSA) is 20.3 Å². The second-order valence-corrected chi connectivity index (χ2v) is 6.74. The zero-order valence-electron chi connectivity index (χ0n) is 11.9. The van der Waals surface area contributed by atoms with Crippen LogP contribution in [0.5, 0.6) is 0 Å². The number of rotatable bonds is 2. The lowest BCUT2D eigenvalue weighted by Gasteiger charge is -2.41. The molecule has 2 fully saturated rings. The van der Waals surface area contributed by atoms with Gasteiger partial charge in [0.2, 0.25) is 0 Å². The number of hydrogen-bond acceptors (Lipinski definition) is 1. The Kier molecular flexibility index (Phi) is 4.45. The lowest BCUT2D eigenvalue weighted by Crippen LogP contribution is -2.44. The minimum Gasteiger partial charge on any atom is -0.338 e. The molecule has 0 bridgehead atoms. The van der Waals surface area contributed by atoms with E-state index in [0.29, 0.717) is 0 Å². The van der Waals surface area contributed by atoms with Crippen LogP contribution in [0.4, 0.5) is 0 Å². The van der Waals surface area contributed by atoms with Gasteiger partial charge in [0.05, 0.1) is 0 Å². The van der Waals surface area contributed by atoms with Crippen molar-refractivity contribution in [2.75, 3.05) is 13.1 Å². The SMILES string of the molecule is O=C(c1ccc(CBr)cc1)N1CCC2CCCCC2C1. The van der Waals surface area contributed by atoms with Crippen LogP contribution in [-0.2, 0) is 5.33 Å². The standard InChI is InChI=1S/C17H22BrNO/c18-11-13-5-7-15(8-6-13)17(20)19-10-9-14-3-1-2-4-16(14)12-19/h5-8,14,16H,1-4,9-12H2. The van der Waals surface area contributed by atoms with Crippen LogP contribution in [0.3, 0.4) is 0 Å². The van der Waals surface area contributed by atoms with Crippen LogP contribution in [0.2, 0.25) is 0 Å². The summed E-state index contributed by atoms with van der Waals surface area (Å²) in [6, 6.07) is 8.00. The number of likely N-dealkylation sites (tertiary alicyclic amines) is 1. The molecular formula is C17H22BrNO. The number of hydrogen-bond donors (Lipinski definition) is 0. The molecule has 3 heteroatoms. The number of piperidine rings is 1. The summed E-state index contributed by atoms with van der Waals surface area (Å²) in [5, 5.41) is 0.842. The zero-order chi connectivity index (χ0) is 13.9. The highest BCUT2D eigenvalue weighted by Crippen LogP contribution is 2.36. The van der Waals surface area contributed by atoms with E-state index in [0.717, 1.165) is 35.8 Å². The van der Waals surface area contributed by atoms with Crippen LogP contribution in [-0.4, -0.2) is 23.9 Å². The maximum Gasteiger partial charge on any atom is 0.253 e. The number of carbonyl (C=O) groups excluding carboxylic acids is 1. The van der Waals surface area contributed by atoms with E-state index >= 15 is 0 Å². The molecule has 1 aromatic rings. The maximum absolute atomic E-state index is 12.6. The van der Waals surface area contributed by atoms with E-state index in [9.17, 15) is 4.79 Å². The molecule has 1 saturated heterocycles. The highest BCUT2D eigenvalue weighted by atomic mass is 79.9. The first-order valence-electron chi connectivity index (χ1n) is 7.72. The van der Waals surface area contributed by atoms with Gasteiger partial charge in [0, 0.05) is 24.0 Å². The molecule has 2 aliphatic rings. The number of halogens is 1. The average Bonchev–Trinajstić information content (AvgIpc) is 2.54. The molecule has 1 heterocycles. The number of carbonyl (C=O) groups is 1. The summed E-state index contributed by atoms with van der Waals surface area (Å²) >= 11 is 3.44. The highest BCUT2D eigenvalue weighted by Gasteiger charge is 2.33. The van der Waals surface area contributed by atoms with E-state index in [1.165, 1.54) is 37.7 Å². The molecule has 2 unspecified atom stereocenters. The lowest BCUT2D eigenvalue weighted by molar-refractivity contribution is 0.0521. The number of benzene rings is 1. The summed E-state index contributed by atoms with van der Waals surface area (Å²) in [6.07, 6.45) is 6.64. The van der Waals surface area contributed by atoms with E-state index in [-0.39, 0.29) is 5.91 Å². The van der Waals surface area contributed by atoms with E-state index in [4.69, 9.17) is 0 Å². The van der Waals surface area contributed by atoms with Gasteiger partial charge in [0.15, 0.2) is 0 Å². The summed E-state index contributed by atoms with van der Waals surface area (Å²) in [4.78, 5) is 14.7. The molecule has 1 saturated carbocycles.